The highest BCUT2D eigenvalue weighted by Crippen LogP contribution is 2.24. The zero-order valence-electron chi connectivity index (χ0n) is 11.5. The van der Waals surface area contributed by atoms with Gasteiger partial charge in [0.25, 0.3) is 0 Å². The van der Waals surface area contributed by atoms with E-state index in [1.165, 1.54) is 0 Å². The van der Waals surface area contributed by atoms with Gasteiger partial charge < -0.3 is 21.1 Å². The molecule has 5 nitrogen and oxygen atoms in total. The molecule has 2 rings (SSSR count). The first-order chi connectivity index (χ1) is 10.1. The third-order valence-corrected chi connectivity index (χ3v) is 3.35. The second-order valence-electron chi connectivity index (χ2n) is 4.38. The molecule has 0 saturated heterocycles. The van der Waals surface area contributed by atoms with E-state index in [0.29, 0.717) is 12.2 Å². The quantitative estimate of drug-likeness (QED) is 0.772. The molecule has 6 heteroatoms. The Hall–Kier alpha value is -2.21. The molecule has 0 unspecified atom stereocenters. The molecule has 2 aromatic carbocycles. The number of halogens is 1. The predicted octanol–water partition coefficient (Wildman–Crippen LogP) is 3.56. The molecule has 2 aromatic rings. The summed E-state index contributed by atoms with van der Waals surface area (Å²) in [5.41, 5.74) is 7.65. The second kappa shape index (κ2) is 6.99. The van der Waals surface area contributed by atoms with Crippen molar-refractivity contribution in [1.29, 1.82) is 0 Å². The molecule has 0 radical (unpaired) electrons. The molecule has 0 atom stereocenters. The summed E-state index contributed by atoms with van der Waals surface area (Å²) in [6, 6.07) is 12.6. The first-order valence-corrected chi connectivity index (χ1v) is 7.10. The van der Waals surface area contributed by atoms with E-state index >= 15 is 0 Å². The minimum atomic E-state index is -0.583. The highest BCUT2D eigenvalue weighted by molar-refractivity contribution is 9.10. The molecule has 2 amide bonds. The summed E-state index contributed by atoms with van der Waals surface area (Å²) < 4.78 is 6.32. The Bertz CT molecular complexity index is 647. The fourth-order valence-corrected chi connectivity index (χ4v) is 2.34. The van der Waals surface area contributed by atoms with Crippen molar-refractivity contribution in [2.24, 2.45) is 5.73 Å². The second-order valence-corrected chi connectivity index (χ2v) is 5.30. The van der Waals surface area contributed by atoms with E-state index < -0.39 is 6.03 Å². The highest BCUT2D eigenvalue weighted by atomic mass is 79.9. The van der Waals surface area contributed by atoms with Crippen molar-refractivity contribution >= 4 is 33.3 Å². The van der Waals surface area contributed by atoms with E-state index in [1.54, 1.807) is 13.2 Å². The van der Waals surface area contributed by atoms with Crippen LogP contribution in [-0.2, 0) is 6.54 Å². The van der Waals surface area contributed by atoms with Gasteiger partial charge in [0.05, 0.1) is 7.11 Å². The fourth-order valence-electron chi connectivity index (χ4n) is 1.93. The van der Waals surface area contributed by atoms with Gasteiger partial charge in [-0.3, -0.25) is 0 Å². The van der Waals surface area contributed by atoms with E-state index in [9.17, 15) is 4.79 Å². The summed E-state index contributed by atoms with van der Waals surface area (Å²) in [5, 5.41) is 5.83. The largest absolute Gasteiger partial charge is 0.496 e. The van der Waals surface area contributed by atoms with Crippen LogP contribution in [0.15, 0.2) is 46.9 Å². The Morgan fingerprint density at radius 1 is 1.24 bits per heavy atom. The molecule has 4 N–H and O–H groups in total. The zero-order valence-corrected chi connectivity index (χ0v) is 13.1. The Morgan fingerprint density at radius 2 is 2.00 bits per heavy atom. The third kappa shape index (κ3) is 4.39. The normalized spacial score (nSPS) is 10.0. The van der Waals surface area contributed by atoms with Gasteiger partial charge >= 0.3 is 6.03 Å². The highest BCUT2D eigenvalue weighted by Gasteiger charge is 2.04. The van der Waals surface area contributed by atoms with Crippen molar-refractivity contribution in [2.45, 2.75) is 6.54 Å². The average Bonchev–Trinajstić information content (AvgIpc) is 2.45. The molecule has 21 heavy (non-hydrogen) atoms. The molecule has 0 spiro atoms. The van der Waals surface area contributed by atoms with Gasteiger partial charge in [-0.15, -0.1) is 0 Å². The fraction of sp³-hybridized carbons (Fsp3) is 0.133. The lowest BCUT2D eigenvalue weighted by Crippen LogP contribution is -2.19. The molecular weight excluding hydrogens is 334 g/mol. The maximum absolute atomic E-state index is 10.8. The van der Waals surface area contributed by atoms with Crippen molar-refractivity contribution in [3.63, 3.8) is 0 Å². The van der Waals surface area contributed by atoms with E-state index in [2.05, 4.69) is 26.6 Å². The summed E-state index contributed by atoms with van der Waals surface area (Å²) in [6.45, 7) is 0.600. The molecule has 0 aromatic heterocycles. The number of hydrogen-bond acceptors (Lipinski definition) is 3. The average molecular weight is 350 g/mol. The van der Waals surface area contributed by atoms with Crippen LogP contribution in [0.2, 0.25) is 0 Å². The van der Waals surface area contributed by atoms with Crippen molar-refractivity contribution in [2.75, 3.05) is 17.7 Å². The molecule has 0 aliphatic rings. The van der Waals surface area contributed by atoms with Gasteiger partial charge in [0, 0.05) is 28.0 Å². The van der Waals surface area contributed by atoms with Crippen molar-refractivity contribution in [3.05, 3.63) is 52.5 Å². The van der Waals surface area contributed by atoms with Gasteiger partial charge in [-0.25, -0.2) is 4.79 Å². The first kappa shape index (κ1) is 15.2. The number of carbonyl (C=O) groups is 1. The van der Waals surface area contributed by atoms with Gasteiger partial charge in [-0.1, -0.05) is 22.0 Å². The molecule has 0 heterocycles. The number of benzene rings is 2. The lowest BCUT2D eigenvalue weighted by atomic mass is 10.2. The van der Waals surface area contributed by atoms with Crippen LogP contribution in [0.4, 0.5) is 16.2 Å². The van der Waals surface area contributed by atoms with Gasteiger partial charge in [0.2, 0.25) is 0 Å². The number of primary amides is 1. The van der Waals surface area contributed by atoms with Crippen LogP contribution in [0.25, 0.3) is 0 Å². The monoisotopic (exact) mass is 349 g/mol. The SMILES string of the molecule is COc1ccc(Br)cc1CNc1cccc(NC(N)=O)c1. The van der Waals surface area contributed by atoms with Gasteiger partial charge in [0.1, 0.15) is 5.75 Å². The van der Waals surface area contributed by atoms with Crippen LogP contribution < -0.4 is 21.1 Å². The number of hydrogen-bond donors (Lipinski definition) is 3. The number of amides is 2. The summed E-state index contributed by atoms with van der Waals surface area (Å²) in [4.78, 5) is 10.8. The molecule has 0 aliphatic carbocycles. The Balaban J connectivity index is 2.09. The minimum absolute atomic E-state index is 0.583. The Labute approximate surface area is 131 Å². The number of urea groups is 1. The third-order valence-electron chi connectivity index (χ3n) is 2.86. The maximum atomic E-state index is 10.8. The maximum Gasteiger partial charge on any atom is 0.316 e. The van der Waals surface area contributed by atoms with E-state index in [0.717, 1.165) is 21.5 Å². The lowest BCUT2D eigenvalue weighted by Gasteiger charge is -2.12. The molecule has 0 aliphatic heterocycles. The van der Waals surface area contributed by atoms with E-state index in [1.807, 2.05) is 36.4 Å². The number of rotatable bonds is 5. The van der Waals surface area contributed by atoms with Crippen LogP contribution in [0, 0.1) is 0 Å². The van der Waals surface area contributed by atoms with Crippen LogP contribution in [-0.4, -0.2) is 13.1 Å². The zero-order chi connectivity index (χ0) is 15.2. The predicted molar refractivity (Wildman–Crippen MR) is 87.7 cm³/mol. The number of carbonyl (C=O) groups excluding carboxylic acids is 1. The minimum Gasteiger partial charge on any atom is -0.496 e. The molecule has 0 bridgehead atoms. The number of nitrogens with one attached hydrogen (secondary N) is 2. The van der Waals surface area contributed by atoms with Crippen LogP contribution in [0.3, 0.4) is 0 Å². The number of methoxy groups -OCH3 is 1. The number of nitrogens with two attached hydrogens (primary N) is 1. The smallest absolute Gasteiger partial charge is 0.316 e. The summed E-state index contributed by atoms with van der Waals surface area (Å²) in [6.07, 6.45) is 0. The van der Waals surface area contributed by atoms with Crippen molar-refractivity contribution in [3.8, 4) is 5.75 Å². The standard InChI is InChI=1S/C15H16BrN3O2/c1-21-14-6-5-11(16)7-10(14)9-18-12-3-2-4-13(8-12)19-15(17)20/h2-8,18H,9H2,1H3,(H3,17,19,20). The summed E-state index contributed by atoms with van der Waals surface area (Å²) >= 11 is 3.45. The summed E-state index contributed by atoms with van der Waals surface area (Å²) in [5.74, 6) is 0.817. The molecule has 110 valence electrons. The lowest BCUT2D eigenvalue weighted by molar-refractivity contribution is 0.259. The van der Waals surface area contributed by atoms with Crippen molar-refractivity contribution < 1.29 is 9.53 Å². The van der Waals surface area contributed by atoms with Gasteiger partial charge in [-0.05, 0) is 36.4 Å². The Kier molecular flexibility index (Phi) is 5.05. The van der Waals surface area contributed by atoms with Crippen molar-refractivity contribution in [1.82, 2.24) is 0 Å². The number of anilines is 2. The van der Waals surface area contributed by atoms with Gasteiger partial charge in [-0.2, -0.15) is 0 Å². The van der Waals surface area contributed by atoms with E-state index in [-0.39, 0.29) is 0 Å². The van der Waals surface area contributed by atoms with Crippen LogP contribution in [0.5, 0.6) is 5.75 Å². The number of ether oxygens (including phenoxy) is 1. The molecular formula is C15H16BrN3O2. The van der Waals surface area contributed by atoms with E-state index in [4.69, 9.17) is 10.5 Å². The van der Waals surface area contributed by atoms with Gasteiger partial charge in [0.15, 0.2) is 0 Å². The Morgan fingerprint density at radius 3 is 2.71 bits per heavy atom. The molecule has 0 saturated carbocycles. The molecule has 0 fully saturated rings. The first-order valence-electron chi connectivity index (χ1n) is 6.31. The topological polar surface area (TPSA) is 76.4 Å². The summed E-state index contributed by atoms with van der Waals surface area (Å²) in [7, 11) is 1.64. The van der Waals surface area contributed by atoms with Crippen LogP contribution >= 0.6 is 15.9 Å². The van der Waals surface area contributed by atoms with Crippen LogP contribution in [0.1, 0.15) is 5.56 Å².